The van der Waals surface area contributed by atoms with Crippen molar-refractivity contribution in [3.05, 3.63) is 64.7 Å². The van der Waals surface area contributed by atoms with Gasteiger partial charge in [-0.05, 0) is 61.6 Å². The van der Waals surface area contributed by atoms with Gasteiger partial charge in [0.05, 0.1) is 0 Å². The molecule has 172 valence electrons. The Bertz CT molecular complexity index is 894. The van der Waals surface area contributed by atoms with Crippen LogP contribution in [0.4, 0.5) is 0 Å². The zero-order valence-corrected chi connectivity index (χ0v) is 19.7. The van der Waals surface area contributed by atoms with Crippen molar-refractivity contribution in [2.45, 2.75) is 71.0 Å². The largest absolute Gasteiger partial charge is 0.484 e. The molecular formula is C26H33ClN2O3. The van der Waals surface area contributed by atoms with E-state index in [0.29, 0.717) is 10.8 Å². The third kappa shape index (κ3) is 6.99. The van der Waals surface area contributed by atoms with Crippen LogP contribution in [0.25, 0.3) is 0 Å². The highest BCUT2D eigenvalue weighted by Gasteiger charge is 2.28. The van der Waals surface area contributed by atoms with E-state index >= 15 is 0 Å². The number of nitrogens with one attached hydrogen (secondary N) is 1. The summed E-state index contributed by atoms with van der Waals surface area (Å²) in [5, 5.41) is 3.74. The second-order valence-electron chi connectivity index (χ2n) is 8.46. The minimum absolute atomic E-state index is 0.125. The number of nitrogens with zero attached hydrogens (tertiary/aromatic N) is 1. The average Bonchev–Trinajstić information content (AvgIpc) is 2.81. The zero-order valence-electron chi connectivity index (χ0n) is 19.0. The first-order valence-corrected chi connectivity index (χ1v) is 11.9. The lowest BCUT2D eigenvalue weighted by Crippen LogP contribution is -2.51. The van der Waals surface area contributed by atoms with Crippen LogP contribution < -0.4 is 10.1 Å². The molecule has 0 saturated heterocycles. The van der Waals surface area contributed by atoms with Crippen molar-refractivity contribution in [3.63, 3.8) is 0 Å². The van der Waals surface area contributed by atoms with Gasteiger partial charge in [0.1, 0.15) is 11.8 Å². The fourth-order valence-corrected chi connectivity index (χ4v) is 4.25. The van der Waals surface area contributed by atoms with E-state index in [1.54, 1.807) is 17.9 Å². The summed E-state index contributed by atoms with van der Waals surface area (Å²) in [5.41, 5.74) is 2.08. The van der Waals surface area contributed by atoms with Gasteiger partial charge in [0.2, 0.25) is 5.91 Å². The van der Waals surface area contributed by atoms with Crippen molar-refractivity contribution in [1.29, 1.82) is 0 Å². The topological polar surface area (TPSA) is 58.6 Å². The second-order valence-corrected chi connectivity index (χ2v) is 8.89. The molecule has 1 N–H and O–H groups in total. The van der Waals surface area contributed by atoms with Crippen molar-refractivity contribution in [2.24, 2.45) is 0 Å². The van der Waals surface area contributed by atoms with Gasteiger partial charge in [0.25, 0.3) is 5.91 Å². The predicted octanol–water partition coefficient (Wildman–Crippen LogP) is 5.15. The Morgan fingerprint density at radius 3 is 2.47 bits per heavy atom. The summed E-state index contributed by atoms with van der Waals surface area (Å²) in [5.74, 6) is 0.271. The van der Waals surface area contributed by atoms with E-state index in [1.807, 2.05) is 42.5 Å². The van der Waals surface area contributed by atoms with E-state index in [1.165, 1.54) is 12.0 Å². The molecule has 0 radical (unpaired) electrons. The van der Waals surface area contributed by atoms with E-state index in [9.17, 15) is 9.59 Å². The molecular weight excluding hydrogens is 424 g/mol. The number of amides is 2. The second kappa shape index (κ2) is 11.9. The summed E-state index contributed by atoms with van der Waals surface area (Å²) in [6, 6.07) is 14.6. The van der Waals surface area contributed by atoms with Gasteiger partial charge in [-0.1, -0.05) is 62.1 Å². The van der Waals surface area contributed by atoms with Gasteiger partial charge in [0.15, 0.2) is 6.61 Å². The molecule has 2 amide bonds. The molecule has 1 aliphatic carbocycles. The fourth-order valence-electron chi connectivity index (χ4n) is 4.03. The molecule has 1 aliphatic rings. The zero-order chi connectivity index (χ0) is 22.9. The van der Waals surface area contributed by atoms with E-state index in [-0.39, 0.29) is 31.0 Å². The molecule has 1 fully saturated rings. The van der Waals surface area contributed by atoms with Crippen molar-refractivity contribution in [1.82, 2.24) is 10.2 Å². The summed E-state index contributed by atoms with van der Waals surface area (Å²) < 4.78 is 5.74. The maximum absolute atomic E-state index is 13.2. The highest BCUT2D eigenvalue weighted by atomic mass is 35.5. The highest BCUT2D eigenvalue weighted by molar-refractivity contribution is 6.30. The normalized spacial score (nSPS) is 15.1. The van der Waals surface area contributed by atoms with Crippen LogP contribution in [-0.4, -0.2) is 35.4 Å². The smallest absolute Gasteiger partial charge is 0.261 e. The van der Waals surface area contributed by atoms with Crippen LogP contribution in [0.3, 0.4) is 0 Å². The number of ether oxygens (including phenoxy) is 1. The van der Waals surface area contributed by atoms with E-state index in [2.05, 4.69) is 12.2 Å². The molecule has 32 heavy (non-hydrogen) atoms. The molecule has 3 rings (SSSR count). The molecule has 0 heterocycles. The van der Waals surface area contributed by atoms with Crippen LogP contribution in [0, 0.1) is 0 Å². The molecule has 0 unspecified atom stereocenters. The number of rotatable bonds is 9. The Morgan fingerprint density at radius 2 is 1.81 bits per heavy atom. The molecule has 1 saturated carbocycles. The Morgan fingerprint density at radius 1 is 1.09 bits per heavy atom. The summed E-state index contributed by atoms with van der Waals surface area (Å²) in [6.45, 7) is 4.02. The summed E-state index contributed by atoms with van der Waals surface area (Å²) >= 11 is 6.14. The van der Waals surface area contributed by atoms with Gasteiger partial charge < -0.3 is 15.0 Å². The summed E-state index contributed by atoms with van der Waals surface area (Å²) in [7, 11) is 0. The Kier molecular flexibility index (Phi) is 8.98. The Labute approximate surface area is 196 Å². The van der Waals surface area contributed by atoms with Crippen LogP contribution in [0.15, 0.2) is 48.5 Å². The van der Waals surface area contributed by atoms with Crippen LogP contribution in [-0.2, 0) is 22.6 Å². The van der Waals surface area contributed by atoms with Crippen LogP contribution in [0.1, 0.15) is 57.1 Å². The maximum Gasteiger partial charge on any atom is 0.261 e. The van der Waals surface area contributed by atoms with Crippen molar-refractivity contribution in [3.8, 4) is 5.75 Å². The first-order chi connectivity index (χ1) is 15.5. The molecule has 0 aromatic heterocycles. The van der Waals surface area contributed by atoms with E-state index < -0.39 is 6.04 Å². The lowest BCUT2D eigenvalue weighted by atomic mass is 9.95. The van der Waals surface area contributed by atoms with Crippen molar-refractivity contribution < 1.29 is 14.3 Å². The SMILES string of the molecule is CCc1ccc(OCC(=O)N(Cc2cccc(Cl)c2)[C@H](C)C(=O)NC2CCCCC2)cc1. The maximum atomic E-state index is 13.2. The first kappa shape index (κ1) is 24.1. The molecule has 2 aromatic rings. The minimum atomic E-state index is -0.616. The number of carbonyl (C=O) groups excluding carboxylic acids is 2. The molecule has 0 spiro atoms. The Hall–Kier alpha value is -2.53. The van der Waals surface area contributed by atoms with E-state index in [4.69, 9.17) is 16.3 Å². The van der Waals surface area contributed by atoms with Crippen molar-refractivity contribution in [2.75, 3.05) is 6.61 Å². The number of hydrogen-bond donors (Lipinski definition) is 1. The van der Waals surface area contributed by atoms with Gasteiger partial charge >= 0.3 is 0 Å². The average molecular weight is 457 g/mol. The molecule has 1 atom stereocenters. The number of carbonyl (C=O) groups is 2. The van der Waals surface area contributed by atoms with Crippen LogP contribution in [0.2, 0.25) is 5.02 Å². The monoisotopic (exact) mass is 456 g/mol. The van der Waals surface area contributed by atoms with Gasteiger partial charge in [-0.15, -0.1) is 0 Å². The number of benzene rings is 2. The van der Waals surface area contributed by atoms with Crippen LogP contribution in [0.5, 0.6) is 5.75 Å². The molecule has 0 bridgehead atoms. The van der Waals surface area contributed by atoms with Crippen LogP contribution >= 0.6 is 11.6 Å². The molecule has 6 heteroatoms. The molecule has 0 aliphatic heterocycles. The van der Waals surface area contributed by atoms with Gasteiger partial charge in [0, 0.05) is 17.6 Å². The number of aryl methyl sites for hydroxylation is 1. The van der Waals surface area contributed by atoms with Gasteiger partial charge in [-0.3, -0.25) is 9.59 Å². The van der Waals surface area contributed by atoms with Gasteiger partial charge in [-0.2, -0.15) is 0 Å². The lowest BCUT2D eigenvalue weighted by Gasteiger charge is -2.31. The fraction of sp³-hybridized carbons (Fsp3) is 0.462. The quantitative estimate of drug-likeness (QED) is 0.567. The van der Waals surface area contributed by atoms with E-state index in [0.717, 1.165) is 37.7 Å². The molecule has 5 nitrogen and oxygen atoms in total. The number of hydrogen-bond acceptors (Lipinski definition) is 3. The van der Waals surface area contributed by atoms with Crippen molar-refractivity contribution >= 4 is 23.4 Å². The van der Waals surface area contributed by atoms with Gasteiger partial charge in [-0.25, -0.2) is 0 Å². The Balaban J connectivity index is 1.69. The summed E-state index contributed by atoms with van der Waals surface area (Å²) in [4.78, 5) is 27.7. The third-order valence-electron chi connectivity index (χ3n) is 6.05. The first-order valence-electron chi connectivity index (χ1n) is 11.5. The number of halogens is 1. The predicted molar refractivity (Wildman–Crippen MR) is 128 cm³/mol. The minimum Gasteiger partial charge on any atom is -0.484 e. The summed E-state index contributed by atoms with van der Waals surface area (Å²) in [6.07, 6.45) is 6.43. The highest BCUT2D eigenvalue weighted by Crippen LogP contribution is 2.19. The lowest BCUT2D eigenvalue weighted by molar-refractivity contribution is -0.142. The third-order valence-corrected chi connectivity index (χ3v) is 6.29. The standard InChI is InChI=1S/C26H33ClN2O3/c1-3-20-12-14-24(15-13-20)32-18-25(30)29(17-21-8-7-9-22(27)16-21)19(2)26(31)28-23-10-5-4-6-11-23/h7-9,12-16,19,23H,3-6,10-11,17-18H2,1-2H3,(H,28,31)/t19-/m1/s1. The molecule has 2 aromatic carbocycles.